The van der Waals surface area contributed by atoms with Crippen LogP contribution in [0.25, 0.3) is 0 Å². The third-order valence-corrected chi connectivity index (χ3v) is 4.81. The lowest BCUT2D eigenvalue weighted by atomic mass is 10.1. The summed E-state index contributed by atoms with van der Waals surface area (Å²) < 4.78 is 18.2. The van der Waals surface area contributed by atoms with Crippen LogP contribution >= 0.6 is 0 Å². The van der Waals surface area contributed by atoms with Crippen LogP contribution in [0.1, 0.15) is 22.3 Å². The Morgan fingerprint density at radius 1 is 0.967 bits per heavy atom. The number of amides is 3. The van der Waals surface area contributed by atoms with E-state index in [1.807, 2.05) is 0 Å². The number of carbonyl (C=O) groups excluding carboxylic acids is 2. The highest BCUT2D eigenvalue weighted by Gasteiger charge is 2.10. The second-order valence-electron chi connectivity index (χ2n) is 7.07. The van der Waals surface area contributed by atoms with Gasteiger partial charge in [-0.15, -0.1) is 0 Å². The van der Waals surface area contributed by atoms with Crippen molar-refractivity contribution in [2.45, 2.75) is 13.0 Å². The average molecular weight is 414 g/mol. The summed E-state index contributed by atoms with van der Waals surface area (Å²) in [7, 11) is 0. The molecule has 1 saturated heterocycles. The second kappa shape index (κ2) is 11.3. The number of halogens is 1. The summed E-state index contributed by atoms with van der Waals surface area (Å²) in [5.41, 5.74) is 1.90. The van der Waals surface area contributed by atoms with Crippen LogP contribution in [0.3, 0.4) is 0 Å². The van der Waals surface area contributed by atoms with Gasteiger partial charge in [0.2, 0.25) is 0 Å². The maximum Gasteiger partial charge on any atom is 0.319 e. The first kappa shape index (κ1) is 21.7. The minimum atomic E-state index is -0.311. The monoisotopic (exact) mass is 414 g/mol. The molecule has 160 valence electrons. The van der Waals surface area contributed by atoms with E-state index in [0.717, 1.165) is 44.8 Å². The fourth-order valence-corrected chi connectivity index (χ4v) is 3.10. The van der Waals surface area contributed by atoms with Crippen LogP contribution in [0.4, 0.5) is 14.9 Å². The van der Waals surface area contributed by atoms with Crippen molar-refractivity contribution < 1.29 is 18.7 Å². The Bertz CT molecular complexity index is 821. The standard InChI is InChI=1S/C22H27FN4O3/c23-19-6-2-17(3-7-19)16-25-21(28)18-4-8-20(9-5-18)26-22(29)24-10-1-11-27-12-14-30-15-13-27/h2-9H,1,10-16H2,(H,25,28)(H2,24,26,29). The molecule has 0 aliphatic carbocycles. The number of rotatable bonds is 8. The fraction of sp³-hybridized carbons (Fsp3) is 0.364. The highest BCUT2D eigenvalue weighted by atomic mass is 19.1. The van der Waals surface area contributed by atoms with Gasteiger partial charge in [-0.3, -0.25) is 9.69 Å². The molecule has 2 aromatic carbocycles. The van der Waals surface area contributed by atoms with Gasteiger partial charge in [0.15, 0.2) is 0 Å². The molecule has 3 amide bonds. The predicted octanol–water partition coefficient (Wildman–Crippen LogP) is 2.60. The maximum atomic E-state index is 12.9. The van der Waals surface area contributed by atoms with Crippen molar-refractivity contribution in [2.24, 2.45) is 0 Å². The Morgan fingerprint density at radius 2 is 1.67 bits per heavy atom. The van der Waals surface area contributed by atoms with Crippen LogP contribution in [-0.2, 0) is 11.3 Å². The molecule has 1 fully saturated rings. The molecule has 8 heteroatoms. The zero-order valence-electron chi connectivity index (χ0n) is 16.8. The lowest BCUT2D eigenvalue weighted by molar-refractivity contribution is 0.0375. The van der Waals surface area contributed by atoms with E-state index in [4.69, 9.17) is 4.74 Å². The van der Waals surface area contributed by atoms with Crippen molar-refractivity contribution in [2.75, 3.05) is 44.7 Å². The topological polar surface area (TPSA) is 82.7 Å². The molecular formula is C22H27FN4O3. The van der Waals surface area contributed by atoms with Gasteiger partial charge in [-0.1, -0.05) is 12.1 Å². The van der Waals surface area contributed by atoms with Gasteiger partial charge in [0, 0.05) is 37.4 Å². The quantitative estimate of drug-likeness (QED) is 0.580. The second-order valence-corrected chi connectivity index (χ2v) is 7.07. The first-order valence-corrected chi connectivity index (χ1v) is 10.1. The summed E-state index contributed by atoms with van der Waals surface area (Å²) in [4.78, 5) is 26.6. The highest BCUT2D eigenvalue weighted by molar-refractivity contribution is 5.95. The molecule has 3 rings (SSSR count). The Labute approximate surface area is 175 Å². The number of carbonyl (C=O) groups is 2. The van der Waals surface area contributed by atoms with Gasteiger partial charge in [0.05, 0.1) is 13.2 Å². The molecular weight excluding hydrogens is 387 g/mol. The van der Waals surface area contributed by atoms with Gasteiger partial charge in [-0.25, -0.2) is 9.18 Å². The van der Waals surface area contributed by atoms with Crippen LogP contribution in [0.2, 0.25) is 0 Å². The molecule has 2 aromatic rings. The van der Waals surface area contributed by atoms with E-state index in [-0.39, 0.29) is 17.8 Å². The summed E-state index contributed by atoms with van der Waals surface area (Å²) >= 11 is 0. The third kappa shape index (κ3) is 7.13. The Balaban J connectivity index is 1.36. The number of urea groups is 1. The van der Waals surface area contributed by atoms with Crippen molar-refractivity contribution >= 4 is 17.6 Å². The number of nitrogens with one attached hydrogen (secondary N) is 3. The lowest BCUT2D eigenvalue weighted by Crippen LogP contribution is -2.38. The largest absolute Gasteiger partial charge is 0.379 e. The number of anilines is 1. The van der Waals surface area contributed by atoms with Crippen molar-refractivity contribution in [1.82, 2.24) is 15.5 Å². The van der Waals surface area contributed by atoms with E-state index in [2.05, 4.69) is 20.9 Å². The van der Waals surface area contributed by atoms with Crippen LogP contribution in [0.15, 0.2) is 48.5 Å². The molecule has 1 heterocycles. The summed E-state index contributed by atoms with van der Waals surface area (Å²) in [6.07, 6.45) is 0.876. The van der Waals surface area contributed by atoms with E-state index in [1.165, 1.54) is 12.1 Å². The zero-order chi connectivity index (χ0) is 21.2. The van der Waals surface area contributed by atoms with Gasteiger partial charge in [-0.2, -0.15) is 0 Å². The minimum Gasteiger partial charge on any atom is -0.379 e. The lowest BCUT2D eigenvalue weighted by Gasteiger charge is -2.26. The molecule has 0 spiro atoms. The van der Waals surface area contributed by atoms with Gasteiger partial charge < -0.3 is 20.7 Å². The first-order chi connectivity index (χ1) is 14.6. The van der Waals surface area contributed by atoms with Crippen molar-refractivity contribution in [3.05, 3.63) is 65.5 Å². The maximum absolute atomic E-state index is 12.9. The molecule has 0 atom stereocenters. The summed E-state index contributed by atoms with van der Waals surface area (Å²) in [5, 5.41) is 8.38. The molecule has 0 radical (unpaired) electrons. The van der Waals surface area contributed by atoms with Gasteiger partial charge in [0.1, 0.15) is 5.82 Å². The minimum absolute atomic E-state index is 0.238. The Hall–Kier alpha value is -2.97. The van der Waals surface area contributed by atoms with Crippen molar-refractivity contribution in [3.63, 3.8) is 0 Å². The molecule has 0 saturated carbocycles. The molecule has 0 unspecified atom stereocenters. The normalized spacial score (nSPS) is 14.2. The van der Waals surface area contributed by atoms with Crippen LogP contribution in [0.5, 0.6) is 0 Å². The van der Waals surface area contributed by atoms with Crippen molar-refractivity contribution in [3.8, 4) is 0 Å². The van der Waals surface area contributed by atoms with E-state index < -0.39 is 0 Å². The van der Waals surface area contributed by atoms with Gasteiger partial charge in [0.25, 0.3) is 5.91 Å². The van der Waals surface area contributed by atoms with Gasteiger partial charge >= 0.3 is 6.03 Å². The number of morpholine rings is 1. The van der Waals surface area contributed by atoms with E-state index >= 15 is 0 Å². The zero-order valence-corrected chi connectivity index (χ0v) is 16.8. The number of ether oxygens (including phenoxy) is 1. The van der Waals surface area contributed by atoms with E-state index in [0.29, 0.717) is 24.3 Å². The van der Waals surface area contributed by atoms with E-state index in [1.54, 1.807) is 36.4 Å². The van der Waals surface area contributed by atoms with Crippen LogP contribution < -0.4 is 16.0 Å². The van der Waals surface area contributed by atoms with Gasteiger partial charge in [-0.05, 0) is 54.9 Å². The third-order valence-electron chi connectivity index (χ3n) is 4.81. The SMILES string of the molecule is O=C(NCCCN1CCOCC1)Nc1ccc(C(=O)NCc2ccc(F)cc2)cc1. The highest BCUT2D eigenvalue weighted by Crippen LogP contribution is 2.10. The summed E-state index contributed by atoms with van der Waals surface area (Å²) in [5.74, 6) is -0.548. The average Bonchev–Trinajstić information content (AvgIpc) is 2.77. The Morgan fingerprint density at radius 3 is 2.37 bits per heavy atom. The molecule has 30 heavy (non-hydrogen) atoms. The number of hydrogen-bond donors (Lipinski definition) is 3. The summed E-state index contributed by atoms with van der Waals surface area (Å²) in [6.45, 7) is 5.26. The predicted molar refractivity (Wildman–Crippen MR) is 113 cm³/mol. The fourth-order valence-electron chi connectivity index (χ4n) is 3.10. The van der Waals surface area contributed by atoms with Crippen LogP contribution in [0, 0.1) is 5.82 Å². The summed E-state index contributed by atoms with van der Waals surface area (Å²) in [6, 6.07) is 12.4. The molecule has 0 bridgehead atoms. The first-order valence-electron chi connectivity index (χ1n) is 10.1. The molecule has 1 aliphatic rings. The van der Waals surface area contributed by atoms with Crippen molar-refractivity contribution in [1.29, 1.82) is 0 Å². The molecule has 0 aromatic heterocycles. The number of hydrogen-bond acceptors (Lipinski definition) is 4. The molecule has 1 aliphatic heterocycles. The van der Waals surface area contributed by atoms with Crippen LogP contribution in [-0.4, -0.2) is 56.2 Å². The van der Waals surface area contributed by atoms with E-state index in [9.17, 15) is 14.0 Å². The molecule has 7 nitrogen and oxygen atoms in total. The number of nitrogens with zero attached hydrogens (tertiary/aromatic N) is 1. The smallest absolute Gasteiger partial charge is 0.319 e. The Kier molecular flexibility index (Phi) is 8.17. The number of benzene rings is 2. The molecule has 3 N–H and O–H groups in total.